The molecule has 1 N–H and O–H groups in total. The van der Waals surface area contributed by atoms with Gasteiger partial charge in [0.05, 0.1) is 7.05 Å². The van der Waals surface area contributed by atoms with E-state index < -0.39 is 0 Å². The monoisotopic (exact) mass is 211 g/mol. The van der Waals surface area contributed by atoms with Gasteiger partial charge in [0, 0.05) is 12.7 Å². The van der Waals surface area contributed by atoms with Crippen molar-refractivity contribution in [1.82, 2.24) is 9.88 Å². The number of halogens is 1. The molecule has 2 rings (SSSR count). The Morgan fingerprint density at radius 2 is 2.36 bits per heavy atom. The van der Waals surface area contributed by atoms with Gasteiger partial charge in [-0.3, -0.25) is 0 Å². The maximum atomic E-state index is 3.22. The van der Waals surface area contributed by atoms with E-state index in [0.717, 1.165) is 13.1 Å². The summed E-state index contributed by atoms with van der Waals surface area (Å²) in [6.07, 6.45) is 12.4. The summed E-state index contributed by atoms with van der Waals surface area (Å²) < 4.78 is 2.10. The van der Waals surface area contributed by atoms with Crippen LogP contribution < -0.4 is 17.0 Å². The summed E-state index contributed by atoms with van der Waals surface area (Å²) in [4.78, 5) is 5.47. The van der Waals surface area contributed by atoms with E-state index in [-0.39, 0.29) is 12.4 Å². The topological polar surface area (TPSA) is 22.9 Å². The number of hydrogen-bond donors (Lipinski definition) is 1. The van der Waals surface area contributed by atoms with Crippen molar-refractivity contribution in [1.29, 1.82) is 0 Å². The van der Waals surface area contributed by atoms with Gasteiger partial charge in [0.2, 0.25) is 0 Å². The summed E-state index contributed by atoms with van der Waals surface area (Å²) in [7, 11) is 2.05. The summed E-state index contributed by atoms with van der Waals surface area (Å²) in [6, 6.07) is 0. The Hall–Kier alpha value is -1.22. The Labute approximate surface area is 90.2 Å². The number of aromatic amines is 1. The molecular weight excluding hydrogens is 198 g/mol. The fourth-order valence-electron chi connectivity index (χ4n) is 1.41. The highest BCUT2D eigenvalue weighted by molar-refractivity contribution is 5.08. The Morgan fingerprint density at radius 1 is 1.50 bits per heavy atom. The molecule has 0 spiro atoms. The van der Waals surface area contributed by atoms with E-state index in [4.69, 9.17) is 0 Å². The molecule has 0 amide bonds. The number of H-pyrrole nitrogens is 1. The van der Waals surface area contributed by atoms with E-state index in [1.165, 1.54) is 5.82 Å². The fraction of sp³-hybridized carbons (Fsp3) is 0.300. The minimum Gasteiger partial charge on any atom is -1.00 e. The molecule has 0 aliphatic carbocycles. The maximum absolute atomic E-state index is 3.22. The third kappa shape index (κ3) is 2.39. The second-order valence-electron chi connectivity index (χ2n) is 3.22. The molecule has 14 heavy (non-hydrogen) atoms. The lowest BCUT2D eigenvalue weighted by atomic mass is 10.3. The van der Waals surface area contributed by atoms with Crippen LogP contribution >= 0.6 is 0 Å². The van der Waals surface area contributed by atoms with E-state index >= 15 is 0 Å². The van der Waals surface area contributed by atoms with Gasteiger partial charge in [0.25, 0.3) is 5.82 Å². The van der Waals surface area contributed by atoms with E-state index in [0.29, 0.717) is 0 Å². The predicted molar refractivity (Wildman–Crippen MR) is 50.7 cm³/mol. The van der Waals surface area contributed by atoms with E-state index in [1.807, 2.05) is 12.4 Å². The van der Waals surface area contributed by atoms with E-state index in [9.17, 15) is 0 Å². The first kappa shape index (κ1) is 10.9. The Kier molecular flexibility index (Phi) is 3.77. The van der Waals surface area contributed by atoms with Gasteiger partial charge in [-0.05, 0) is 6.08 Å². The average Bonchev–Trinajstić information content (AvgIpc) is 2.54. The van der Waals surface area contributed by atoms with Crippen LogP contribution in [0.4, 0.5) is 0 Å². The SMILES string of the molecule is C[n+]1cc[nH]c1CN1C=CC=CC1.[Cl-]. The van der Waals surface area contributed by atoms with Crippen molar-refractivity contribution < 1.29 is 17.0 Å². The Bertz CT molecular complexity index is 341. The molecule has 2 heterocycles. The lowest BCUT2D eigenvalue weighted by Gasteiger charge is -2.17. The van der Waals surface area contributed by atoms with Gasteiger partial charge in [-0.25, -0.2) is 9.55 Å². The van der Waals surface area contributed by atoms with Crippen LogP contribution in [0.3, 0.4) is 0 Å². The number of rotatable bonds is 2. The average molecular weight is 212 g/mol. The van der Waals surface area contributed by atoms with Crippen molar-refractivity contribution in [3.8, 4) is 0 Å². The maximum Gasteiger partial charge on any atom is 0.273 e. The molecule has 1 aromatic heterocycles. The van der Waals surface area contributed by atoms with Crippen molar-refractivity contribution in [3.05, 3.63) is 42.6 Å². The van der Waals surface area contributed by atoms with Gasteiger partial charge in [0.1, 0.15) is 18.9 Å². The van der Waals surface area contributed by atoms with Crippen LogP contribution in [-0.2, 0) is 13.6 Å². The van der Waals surface area contributed by atoms with Gasteiger partial charge >= 0.3 is 0 Å². The predicted octanol–water partition coefficient (Wildman–Crippen LogP) is -2.27. The summed E-state index contributed by atoms with van der Waals surface area (Å²) in [5.74, 6) is 1.22. The summed E-state index contributed by atoms with van der Waals surface area (Å²) in [5, 5.41) is 0. The molecule has 0 aromatic carbocycles. The second kappa shape index (κ2) is 4.86. The summed E-state index contributed by atoms with van der Waals surface area (Å²) >= 11 is 0. The third-order valence-electron chi connectivity index (χ3n) is 2.21. The van der Waals surface area contributed by atoms with E-state index in [1.54, 1.807) is 0 Å². The first-order valence-electron chi connectivity index (χ1n) is 4.45. The lowest BCUT2D eigenvalue weighted by molar-refractivity contribution is -0.678. The molecule has 0 saturated carbocycles. The molecule has 0 fully saturated rings. The molecule has 0 saturated heterocycles. The standard InChI is InChI=1S/C10H13N3.ClH/c1-12-8-5-11-10(12)9-13-6-3-2-4-7-13;/h2-6,8H,7,9H2,1H3;1H. The molecule has 3 nitrogen and oxygen atoms in total. The van der Waals surface area contributed by atoms with Crippen LogP contribution in [0.1, 0.15) is 5.82 Å². The lowest BCUT2D eigenvalue weighted by Crippen LogP contribution is -3.00. The molecule has 0 radical (unpaired) electrons. The number of nitrogens with zero attached hydrogens (tertiary/aromatic N) is 2. The van der Waals surface area contributed by atoms with Crippen LogP contribution in [0.2, 0.25) is 0 Å². The third-order valence-corrected chi connectivity index (χ3v) is 2.21. The van der Waals surface area contributed by atoms with Gasteiger partial charge in [-0.2, -0.15) is 0 Å². The van der Waals surface area contributed by atoms with E-state index in [2.05, 4.69) is 45.9 Å². The molecule has 0 unspecified atom stereocenters. The minimum atomic E-state index is 0. The molecule has 76 valence electrons. The number of aromatic nitrogens is 2. The molecule has 0 bridgehead atoms. The van der Waals surface area contributed by atoms with Crippen molar-refractivity contribution >= 4 is 0 Å². The smallest absolute Gasteiger partial charge is 0.273 e. The van der Waals surface area contributed by atoms with Crippen molar-refractivity contribution in [2.24, 2.45) is 7.05 Å². The number of imidazole rings is 1. The molecule has 1 aliphatic rings. The largest absolute Gasteiger partial charge is 1.00 e. The highest BCUT2D eigenvalue weighted by Crippen LogP contribution is 2.02. The molecule has 4 heteroatoms. The normalized spacial score (nSPS) is 14.2. The quantitative estimate of drug-likeness (QED) is 0.548. The number of aryl methyl sites for hydroxylation is 1. The number of hydrogen-bond acceptors (Lipinski definition) is 1. The van der Waals surface area contributed by atoms with Gasteiger partial charge < -0.3 is 17.3 Å². The molecular formula is C10H14ClN3. The zero-order valence-corrected chi connectivity index (χ0v) is 8.91. The summed E-state index contributed by atoms with van der Waals surface area (Å²) in [5.41, 5.74) is 0. The van der Waals surface area contributed by atoms with Crippen molar-refractivity contribution in [2.75, 3.05) is 6.54 Å². The first-order chi connectivity index (χ1) is 6.36. The second-order valence-corrected chi connectivity index (χ2v) is 3.22. The van der Waals surface area contributed by atoms with Gasteiger partial charge in [-0.1, -0.05) is 12.2 Å². The van der Waals surface area contributed by atoms with Crippen molar-refractivity contribution in [3.63, 3.8) is 0 Å². The van der Waals surface area contributed by atoms with Crippen LogP contribution in [0.25, 0.3) is 0 Å². The number of nitrogens with one attached hydrogen (secondary N) is 1. The Balaban J connectivity index is 0.000000980. The van der Waals surface area contributed by atoms with Crippen molar-refractivity contribution in [2.45, 2.75) is 6.54 Å². The van der Waals surface area contributed by atoms with Gasteiger partial charge in [0.15, 0.2) is 0 Å². The van der Waals surface area contributed by atoms with Gasteiger partial charge in [-0.15, -0.1) is 0 Å². The highest BCUT2D eigenvalue weighted by Gasteiger charge is 2.09. The fourth-order valence-corrected chi connectivity index (χ4v) is 1.41. The van der Waals surface area contributed by atoms with Crippen LogP contribution in [0, 0.1) is 0 Å². The zero-order valence-electron chi connectivity index (χ0n) is 8.15. The molecule has 1 aromatic rings. The summed E-state index contributed by atoms with van der Waals surface area (Å²) in [6.45, 7) is 1.93. The first-order valence-corrected chi connectivity index (χ1v) is 4.45. The van der Waals surface area contributed by atoms with Crippen LogP contribution in [0.15, 0.2) is 36.8 Å². The van der Waals surface area contributed by atoms with Crippen LogP contribution in [0.5, 0.6) is 0 Å². The highest BCUT2D eigenvalue weighted by atomic mass is 35.5. The minimum absolute atomic E-state index is 0. The van der Waals surface area contributed by atoms with Crippen LogP contribution in [-0.4, -0.2) is 16.4 Å². The zero-order chi connectivity index (χ0) is 9.10. The molecule has 1 aliphatic heterocycles. The molecule has 0 atom stereocenters. The Morgan fingerprint density at radius 3 is 2.93 bits per heavy atom. The number of allylic oxidation sites excluding steroid dienone is 2.